The lowest BCUT2D eigenvalue weighted by molar-refractivity contribution is -0.159. The number of esters is 1. The van der Waals surface area contributed by atoms with Crippen LogP contribution in [0.15, 0.2) is 0 Å². The van der Waals surface area contributed by atoms with Gasteiger partial charge in [-0.25, -0.2) is 0 Å². The number of hydrogen-bond donors (Lipinski definition) is 3. The van der Waals surface area contributed by atoms with E-state index >= 15 is 0 Å². The first kappa shape index (κ1) is 20.3. The maximum atomic E-state index is 11.3. The van der Waals surface area contributed by atoms with E-state index in [9.17, 15) is 9.59 Å². The van der Waals surface area contributed by atoms with E-state index in [0.29, 0.717) is 6.61 Å². The molecule has 0 aliphatic rings. The van der Waals surface area contributed by atoms with Crippen molar-refractivity contribution < 1.29 is 29.6 Å². The second-order valence-corrected chi connectivity index (χ2v) is 4.36. The summed E-state index contributed by atoms with van der Waals surface area (Å²) in [6.07, 6.45) is 1.95. The number of methoxy groups -OCH3 is 1. The molecule has 0 radical (unpaired) electrons. The number of hydrogen-bond acceptors (Lipinski definition) is 6. The Balaban J connectivity index is 0. The molecule has 0 aliphatic carbocycles. The lowest BCUT2D eigenvalue weighted by Gasteiger charge is -2.26. The van der Waals surface area contributed by atoms with E-state index in [4.69, 9.17) is 15.3 Å². The molecular formula is C13H26O6. The highest BCUT2D eigenvalue weighted by atomic mass is 16.5. The van der Waals surface area contributed by atoms with Crippen LogP contribution in [0, 0.1) is 5.41 Å². The zero-order valence-corrected chi connectivity index (χ0v) is 12.0. The molecule has 0 fully saturated rings. The third-order valence-electron chi connectivity index (χ3n) is 2.61. The lowest BCUT2D eigenvalue weighted by Crippen LogP contribution is -2.38. The van der Waals surface area contributed by atoms with Crippen LogP contribution in [0.1, 0.15) is 39.5 Å². The number of unbranched alkanes of at least 4 members (excludes halogenated alkanes) is 1. The molecule has 0 aromatic rings. The first-order chi connectivity index (χ1) is 8.93. The standard InChI is InChI=1S/C9H16O5.C4H10O/c1-7(12)5-9(6-11,3-4-10)8(13)14-2;1-2-3-4-5/h10-11H,3-6H2,1-2H3;5H,2-4H2,1H3. The quantitative estimate of drug-likeness (QED) is 0.551. The molecule has 114 valence electrons. The monoisotopic (exact) mass is 278 g/mol. The van der Waals surface area contributed by atoms with Crippen LogP contribution in [0.4, 0.5) is 0 Å². The van der Waals surface area contributed by atoms with E-state index in [1.54, 1.807) is 0 Å². The van der Waals surface area contributed by atoms with Gasteiger partial charge in [-0.05, 0) is 19.8 Å². The lowest BCUT2D eigenvalue weighted by atomic mass is 9.81. The Morgan fingerprint density at radius 1 is 1.16 bits per heavy atom. The number of Topliss-reactive ketones (excluding diaryl/α,β-unsaturated/α-hetero) is 1. The van der Waals surface area contributed by atoms with Gasteiger partial charge >= 0.3 is 5.97 Å². The summed E-state index contributed by atoms with van der Waals surface area (Å²) in [5, 5.41) is 25.9. The summed E-state index contributed by atoms with van der Waals surface area (Å²) in [6.45, 7) is 2.94. The van der Waals surface area contributed by atoms with E-state index in [2.05, 4.69) is 11.7 Å². The molecule has 0 spiro atoms. The molecule has 1 atom stereocenters. The maximum absolute atomic E-state index is 11.3. The number of carbonyl (C=O) groups is 2. The smallest absolute Gasteiger partial charge is 0.314 e. The second-order valence-electron chi connectivity index (χ2n) is 4.36. The van der Waals surface area contributed by atoms with Crippen molar-refractivity contribution >= 4 is 11.8 Å². The molecule has 0 saturated carbocycles. The number of ketones is 1. The summed E-state index contributed by atoms with van der Waals surface area (Å²) < 4.78 is 4.50. The van der Waals surface area contributed by atoms with Crippen LogP contribution < -0.4 is 0 Å². The Bertz CT molecular complexity index is 252. The van der Waals surface area contributed by atoms with Gasteiger partial charge in [0, 0.05) is 19.6 Å². The minimum Gasteiger partial charge on any atom is -0.469 e. The van der Waals surface area contributed by atoms with Crippen molar-refractivity contribution in [1.29, 1.82) is 0 Å². The molecule has 0 aromatic carbocycles. The summed E-state index contributed by atoms with van der Waals surface area (Å²) in [4.78, 5) is 22.3. The van der Waals surface area contributed by atoms with Gasteiger partial charge in [0.2, 0.25) is 0 Å². The zero-order chi connectivity index (χ0) is 15.3. The number of aliphatic hydroxyl groups excluding tert-OH is 3. The molecule has 0 amide bonds. The van der Waals surface area contributed by atoms with E-state index < -0.39 is 18.0 Å². The van der Waals surface area contributed by atoms with Gasteiger partial charge in [0.1, 0.15) is 5.78 Å². The molecule has 0 saturated heterocycles. The van der Waals surface area contributed by atoms with Gasteiger partial charge in [0.15, 0.2) is 0 Å². The fourth-order valence-electron chi connectivity index (χ4n) is 1.53. The minimum atomic E-state index is -1.28. The molecule has 0 heterocycles. The highest BCUT2D eigenvalue weighted by molar-refractivity contribution is 5.85. The summed E-state index contributed by atoms with van der Waals surface area (Å²) in [5.41, 5.74) is -1.28. The van der Waals surface area contributed by atoms with Gasteiger partial charge < -0.3 is 20.1 Å². The van der Waals surface area contributed by atoms with Crippen LogP contribution in [-0.2, 0) is 14.3 Å². The van der Waals surface area contributed by atoms with Crippen molar-refractivity contribution in [3.8, 4) is 0 Å². The molecule has 0 aliphatic heterocycles. The molecule has 0 rings (SSSR count). The molecule has 6 nitrogen and oxygen atoms in total. The van der Waals surface area contributed by atoms with Crippen LogP contribution in [0.3, 0.4) is 0 Å². The fraction of sp³-hybridized carbons (Fsp3) is 0.846. The summed E-state index contributed by atoms with van der Waals surface area (Å²) in [7, 11) is 1.18. The third kappa shape index (κ3) is 8.69. The van der Waals surface area contributed by atoms with E-state index in [1.807, 2.05) is 0 Å². The van der Waals surface area contributed by atoms with Gasteiger partial charge in [-0.2, -0.15) is 0 Å². The van der Waals surface area contributed by atoms with Crippen LogP contribution in [0.2, 0.25) is 0 Å². The predicted octanol–water partition coefficient (Wildman–Crippen LogP) is 0.278. The van der Waals surface area contributed by atoms with Gasteiger partial charge in [0.05, 0.1) is 19.1 Å². The van der Waals surface area contributed by atoms with Gasteiger partial charge in [-0.1, -0.05) is 13.3 Å². The molecule has 1 unspecified atom stereocenters. The SMILES string of the molecule is CCCCO.COC(=O)C(CO)(CCO)CC(C)=O. The van der Waals surface area contributed by atoms with Crippen molar-refractivity contribution in [1.82, 2.24) is 0 Å². The van der Waals surface area contributed by atoms with Gasteiger partial charge in [-0.3, -0.25) is 9.59 Å². The zero-order valence-electron chi connectivity index (χ0n) is 12.0. The fourth-order valence-corrected chi connectivity index (χ4v) is 1.53. The van der Waals surface area contributed by atoms with Gasteiger partial charge in [0.25, 0.3) is 0 Å². The Hall–Kier alpha value is -0.980. The summed E-state index contributed by atoms with van der Waals surface area (Å²) >= 11 is 0. The third-order valence-corrected chi connectivity index (χ3v) is 2.61. The molecule has 19 heavy (non-hydrogen) atoms. The normalized spacial score (nSPS) is 12.9. The molecule has 0 bridgehead atoms. The first-order valence-electron chi connectivity index (χ1n) is 6.34. The Labute approximate surface area is 114 Å². The van der Waals surface area contributed by atoms with E-state index in [-0.39, 0.29) is 25.2 Å². The molecule has 6 heteroatoms. The average Bonchev–Trinajstić information content (AvgIpc) is 2.38. The van der Waals surface area contributed by atoms with Crippen molar-refractivity contribution in [3.05, 3.63) is 0 Å². The van der Waals surface area contributed by atoms with Crippen LogP contribution in [0.5, 0.6) is 0 Å². The molecule has 0 aromatic heterocycles. The second kappa shape index (κ2) is 12.1. The highest BCUT2D eigenvalue weighted by Gasteiger charge is 2.39. The summed E-state index contributed by atoms with van der Waals surface area (Å²) in [6, 6.07) is 0. The highest BCUT2D eigenvalue weighted by Crippen LogP contribution is 2.27. The number of carbonyl (C=O) groups excluding carboxylic acids is 2. The largest absolute Gasteiger partial charge is 0.469 e. The Morgan fingerprint density at radius 3 is 1.95 bits per heavy atom. The van der Waals surface area contributed by atoms with Crippen LogP contribution in [-0.4, -0.2) is 54.0 Å². The number of ether oxygens (including phenoxy) is 1. The minimum absolute atomic E-state index is 0.0236. The number of aliphatic hydroxyl groups is 3. The first-order valence-corrected chi connectivity index (χ1v) is 6.34. The maximum Gasteiger partial charge on any atom is 0.314 e. The molecular weight excluding hydrogens is 252 g/mol. The topological polar surface area (TPSA) is 104 Å². The van der Waals surface area contributed by atoms with Gasteiger partial charge in [-0.15, -0.1) is 0 Å². The van der Waals surface area contributed by atoms with Crippen molar-refractivity contribution in [2.75, 3.05) is 26.9 Å². The van der Waals surface area contributed by atoms with E-state index in [0.717, 1.165) is 12.8 Å². The Kier molecular flexibility index (Phi) is 12.9. The molecule has 3 N–H and O–H groups in total. The van der Waals surface area contributed by atoms with Crippen LogP contribution in [0.25, 0.3) is 0 Å². The van der Waals surface area contributed by atoms with E-state index in [1.165, 1.54) is 14.0 Å². The Morgan fingerprint density at radius 2 is 1.74 bits per heavy atom. The van der Waals surface area contributed by atoms with Crippen molar-refractivity contribution in [3.63, 3.8) is 0 Å². The van der Waals surface area contributed by atoms with Crippen molar-refractivity contribution in [2.24, 2.45) is 5.41 Å². The van der Waals surface area contributed by atoms with Crippen LogP contribution >= 0.6 is 0 Å². The average molecular weight is 278 g/mol. The summed E-state index contributed by atoms with van der Waals surface area (Å²) in [5.74, 6) is -0.887. The predicted molar refractivity (Wildman–Crippen MR) is 70.5 cm³/mol. The van der Waals surface area contributed by atoms with Crippen molar-refractivity contribution in [2.45, 2.75) is 39.5 Å². The number of rotatable bonds is 8.